The first kappa shape index (κ1) is 12.9. The zero-order chi connectivity index (χ0) is 14.8. The lowest BCUT2D eigenvalue weighted by Crippen LogP contribution is -2.15. The number of carbonyl (C=O) groups is 1. The van der Waals surface area contributed by atoms with Crippen molar-refractivity contribution in [1.82, 2.24) is 14.9 Å². The number of nitrogens with zero attached hydrogens (tertiary/aromatic N) is 3. The van der Waals surface area contributed by atoms with Crippen LogP contribution in [0.3, 0.4) is 0 Å². The topological polar surface area (TPSA) is 99.0 Å². The summed E-state index contributed by atoms with van der Waals surface area (Å²) in [5, 5.41) is 10.6. The predicted octanol–water partition coefficient (Wildman–Crippen LogP) is 2.00. The van der Waals surface area contributed by atoms with Crippen LogP contribution < -0.4 is 11.1 Å². The molecule has 0 bridgehead atoms. The average Bonchev–Trinajstić information content (AvgIpc) is 3.09. The highest BCUT2D eigenvalue weighted by atomic mass is 16.5. The number of anilines is 2. The summed E-state index contributed by atoms with van der Waals surface area (Å²) in [4.78, 5) is 12.2. The van der Waals surface area contributed by atoms with Crippen molar-refractivity contribution < 1.29 is 9.32 Å². The molecule has 0 atom stereocenters. The van der Waals surface area contributed by atoms with Gasteiger partial charge < -0.3 is 15.6 Å². The van der Waals surface area contributed by atoms with Crippen LogP contribution in [0.25, 0.3) is 5.69 Å². The second-order valence-electron chi connectivity index (χ2n) is 4.47. The highest BCUT2D eigenvalue weighted by Gasteiger charge is 2.15. The van der Waals surface area contributed by atoms with E-state index in [1.165, 1.54) is 6.20 Å². The molecule has 0 aliphatic carbocycles. The van der Waals surface area contributed by atoms with Gasteiger partial charge in [-0.15, -0.1) is 0 Å². The highest BCUT2D eigenvalue weighted by molar-refractivity contribution is 6.04. The maximum atomic E-state index is 12.2. The quantitative estimate of drug-likeness (QED) is 0.716. The Balaban J connectivity index is 1.88. The molecule has 3 N–H and O–H groups in total. The summed E-state index contributed by atoms with van der Waals surface area (Å²) in [5.74, 6) is 0.711. The van der Waals surface area contributed by atoms with Crippen molar-refractivity contribution in [2.24, 2.45) is 0 Å². The molecule has 1 amide bonds. The van der Waals surface area contributed by atoms with Crippen LogP contribution in [-0.4, -0.2) is 20.8 Å². The van der Waals surface area contributed by atoms with Gasteiger partial charge in [-0.2, -0.15) is 5.10 Å². The summed E-state index contributed by atoms with van der Waals surface area (Å²) in [6.45, 7) is 1.68. The number of nitrogen functional groups attached to an aromatic ring is 1. The van der Waals surface area contributed by atoms with Gasteiger partial charge in [0.2, 0.25) is 0 Å². The fourth-order valence-corrected chi connectivity index (χ4v) is 1.92. The Morgan fingerprint density at radius 1 is 1.29 bits per heavy atom. The number of aryl methyl sites for hydroxylation is 1. The molecule has 0 saturated heterocycles. The Morgan fingerprint density at radius 2 is 2.05 bits per heavy atom. The molecule has 1 aromatic carbocycles. The SMILES string of the molecule is Cc1oncc1C(=O)Nc1ccnn1-c1ccc(N)cc1. The summed E-state index contributed by atoms with van der Waals surface area (Å²) < 4.78 is 6.50. The minimum atomic E-state index is -0.300. The fraction of sp³-hybridized carbons (Fsp3) is 0.0714. The smallest absolute Gasteiger partial charge is 0.262 e. The summed E-state index contributed by atoms with van der Waals surface area (Å²) >= 11 is 0. The van der Waals surface area contributed by atoms with E-state index in [9.17, 15) is 4.79 Å². The van der Waals surface area contributed by atoms with Crippen LogP contribution in [0.5, 0.6) is 0 Å². The van der Waals surface area contributed by atoms with Crippen LogP contribution in [0, 0.1) is 6.92 Å². The lowest BCUT2D eigenvalue weighted by molar-refractivity contribution is 0.102. The highest BCUT2D eigenvalue weighted by Crippen LogP contribution is 2.17. The third-order valence-corrected chi connectivity index (χ3v) is 3.02. The molecular formula is C14H13N5O2. The van der Waals surface area contributed by atoms with Gasteiger partial charge in [-0.05, 0) is 31.2 Å². The largest absolute Gasteiger partial charge is 0.399 e. The third-order valence-electron chi connectivity index (χ3n) is 3.02. The molecule has 0 unspecified atom stereocenters. The van der Waals surface area contributed by atoms with E-state index in [2.05, 4.69) is 15.6 Å². The van der Waals surface area contributed by atoms with Crippen LogP contribution >= 0.6 is 0 Å². The number of nitrogens with one attached hydrogen (secondary N) is 1. The van der Waals surface area contributed by atoms with E-state index in [-0.39, 0.29) is 5.91 Å². The molecule has 7 nitrogen and oxygen atoms in total. The molecule has 3 aromatic rings. The first-order chi connectivity index (χ1) is 10.1. The predicted molar refractivity (Wildman–Crippen MR) is 77.2 cm³/mol. The standard InChI is InChI=1S/C14H13N5O2/c1-9-12(8-17-21-9)14(20)18-13-6-7-16-19(13)11-4-2-10(15)3-5-11/h2-8H,15H2,1H3,(H,18,20). The number of hydrogen-bond donors (Lipinski definition) is 2. The lowest BCUT2D eigenvalue weighted by atomic mass is 10.2. The maximum Gasteiger partial charge on any atom is 0.262 e. The molecular weight excluding hydrogens is 270 g/mol. The van der Waals surface area contributed by atoms with Gasteiger partial charge in [0.25, 0.3) is 5.91 Å². The molecule has 0 fully saturated rings. The van der Waals surface area contributed by atoms with Crippen LogP contribution in [0.2, 0.25) is 0 Å². The maximum absolute atomic E-state index is 12.2. The molecule has 3 rings (SSSR count). The number of benzene rings is 1. The van der Waals surface area contributed by atoms with Crippen LogP contribution in [0.4, 0.5) is 11.5 Å². The number of aromatic nitrogens is 3. The molecule has 0 spiro atoms. The van der Waals surface area contributed by atoms with Gasteiger partial charge in [0.15, 0.2) is 0 Å². The molecule has 2 heterocycles. The van der Waals surface area contributed by atoms with Crippen molar-refractivity contribution in [2.45, 2.75) is 6.92 Å². The zero-order valence-electron chi connectivity index (χ0n) is 11.3. The van der Waals surface area contributed by atoms with Crippen molar-refractivity contribution in [1.29, 1.82) is 0 Å². The normalized spacial score (nSPS) is 10.5. The van der Waals surface area contributed by atoms with Gasteiger partial charge in [-0.1, -0.05) is 5.16 Å². The van der Waals surface area contributed by atoms with E-state index in [0.29, 0.717) is 22.8 Å². The van der Waals surface area contributed by atoms with Gasteiger partial charge in [-0.3, -0.25) is 4.79 Å². The van der Waals surface area contributed by atoms with Crippen LogP contribution in [0.1, 0.15) is 16.1 Å². The fourth-order valence-electron chi connectivity index (χ4n) is 1.92. The van der Waals surface area contributed by atoms with Gasteiger partial charge in [-0.25, -0.2) is 4.68 Å². The summed E-state index contributed by atoms with van der Waals surface area (Å²) in [5.41, 5.74) is 7.51. The second kappa shape index (κ2) is 5.12. The van der Waals surface area contributed by atoms with Crippen molar-refractivity contribution >= 4 is 17.4 Å². The summed E-state index contributed by atoms with van der Waals surface area (Å²) in [6.07, 6.45) is 2.99. The Hall–Kier alpha value is -3.09. The molecule has 106 valence electrons. The first-order valence-electron chi connectivity index (χ1n) is 6.28. The lowest BCUT2D eigenvalue weighted by Gasteiger charge is -2.08. The minimum absolute atomic E-state index is 0.300. The van der Waals surface area contributed by atoms with Gasteiger partial charge in [0.05, 0.1) is 18.1 Å². The number of nitrogens with two attached hydrogens (primary N) is 1. The van der Waals surface area contributed by atoms with Gasteiger partial charge in [0.1, 0.15) is 17.1 Å². The van der Waals surface area contributed by atoms with E-state index in [1.54, 1.807) is 36.0 Å². The van der Waals surface area contributed by atoms with Gasteiger partial charge in [0, 0.05) is 11.8 Å². The van der Waals surface area contributed by atoms with E-state index in [1.807, 2.05) is 12.1 Å². The average molecular weight is 283 g/mol. The Bertz CT molecular complexity index is 773. The van der Waals surface area contributed by atoms with E-state index >= 15 is 0 Å². The molecule has 0 saturated carbocycles. The molecule has 0 aliphatic rings. The first-order valence-corrected chi connectivity index (χ1v) is 6.28. The third kappa shape index (κ3) is 2.48. The van der Waals surface area contributed by atoms with Crippen molar-refractivity contribution in [3.63, 3.8) is 0 Å². The Morgan fingerprint density at radius 3 is 2.71 bits per heavy atom. The number of carbonyl (C=O) groups excluding carboxylic acids is 1. The molecule has 0 radical (unpaired) electrons. The minimum Gasteiger partial charge on any atom is -0.399 e. The molecule has 2 aromatic heterocycles. The molecule has 0 aliphatic heterocycles. The van der Waals surface area contributed by atoms with Gasteiger partial charge >= 0.3 is 0 Å². The number of hydrogen-bond acceptors (Lipinski definition) is 5. The summed E-state index contributed by atoms with van der Waals surface area (Å²) in [6, 6.07) is 8.89. The molecule has 21 heavy (non-hydrogen) atoms. The van der Waals surface area contributed by atoms with E-state index in [0.717, 1.165) is 5.69 Å². The summed E-state index contributed by atoms with van der Waals surface area (Å²) in [7, 11) is 0. The van der Waals surface area contributed by atoms with Crippen LogP contribution in [-0.2, 0) is 0 Å². The van der Waals surface area contributed by atoms with E-state index < -0.39 is 0 Å². The van der Waals surface area contributed by atoms with Crippen molar-refractivity contribution in [3.05, 3.63) is 54.0 Å². The monoisotopic (exact) mass is 283 g/mol. The van der Waals surface area contributed by atoms with Crippen molar-refractivity contribution in [3.8, 4) is 5.69 Å². The Kier molecular flexibility index (Phi) is 3.15. The zero-order valence-corrected chi connectivity index (χ0v) is 11.3. The number of amides is 1. The van der Waals surface area contributed by atoms with Crippen LogP contribution in [0.15, 0.2) is 47.2 Å². The Labute approximate surface area is 120 Å². The second-order valence-corrected chi connectivity index (χ2v) is 4.47. The number of rotatable bonds is 3. The van der Waals surface area contributed by atoms with Crippen molar-refractivity contribution in [2.75, 3.05) is 11.1 Å². The van der Waals surface area contributed by atoms with E-state index in [4.69, 9.17) is 10.3 Å². The molecule has 7 heteroatoms.